The molecule has 1 fully saturated rings. The van der Waals surface area contributed by atoms with Gasteiger partial charge in [0, 0.05) is 32.2 Å². The monoisotopic (exact) mass is 410 g/mol. The zero-order chi connectivity index (χ0) is 20.9. The summed E-state index contributed by atoms with van der Waals surface area (Å²) in [5.41, 5.74) is 1.00. The molecule has 0 saturated carbocycles. The van der Waals surface area contributed by atoms with Crippen molar-refractivity contribution in [3.05, 3.63) is 29.8 Å². The largest absolute Gasteiger partial charge is 0.353 e. The fourth-order valence-electron chi connectivity index (χ4n) is 3.04. The van der Waals surface area contributed by atoms with Crippen molar-refractivity contribution < 1.29 is 18.0 Å². The molecule has 156 valence electrons. The lowest BCUT2D eigenvalue weighted by atomic mass is 10.2. The summed E-state index contributed by atoms with van der Waals surface area (Å²) >= 11 is 0. The second-order valence-corrected chi connectivity index (χ2v) is 9.43. The van der Waals surface area contributed by atoms with Crippen LogP contribution in [0.3, 0.4) is 0 Å². The standard InChI is InChI=1S/C19H30N4O4S/c1-15(2)20-18(24)13-21(4)14-19(25)22-9-11-23(12-10-22)28(26,27)17-7-5-16(3)6-8-17/h5-8,15H,9-14H2,1-4H3,(H,20,24). The van der Waals surface area contributed by atoms with Crippen LogP contribution in [0.25, 0.3) is 0 Å². The Kier molecular flexibility index (Phi) is 7.56. The summed E-state index contributed by atoms with van der Waals surface area (Å²) in [7, 11) is -1.83. The molecule has 0 aliphatic carbocycles. The Balaban J connectivity index is 1.86. The maximum absolute atomic E-state index is 12.7. The first-order valence-corrected chi connectivity index (χ1v) is 10.9. The van der Waals surface area contributed by atoms with Crippen LogP contribution < -0.4 is 5.32 Å². The quantitative estimate of drug-likeness (QED) is 0.698. The average Bonchev–Trinajstić information content (AvgIpc) is 2.61. The molecule has 8 nitrogen and oxygen atoms in total. The predicted octanol–water partition coefficient (Wildman–Crippen LogP) is 0.284. The number of carbonyl (C=O) groups excluding carboxylic acids is 2. The van der Waals surface area contributed by atoms with Crippen LogP contribution >= 0.6 is 0 Å². The highest BCUT2D eigenvalue weighted by Gasteiger charge is 2.30. The minimum atomic E-state index is -3.55. The number of carbonyl (C=O) groups is 2. The van der Waals surface area contributed by atoms with Crippen LogP contribution in [0.1, 0.15) is 19.4 Å². The van der Waals surface area contributed by atoms with Gasteiger partial charge in [-0.1, -0.05) is 17.7 Å². The normalized spacial score (nSPS) is 15.9. The van der Waals surface area contributed by atoms with E-state index in [-0.39, 0.29) is 48.9 Å². The summed E-state index contributed by atoms with van der Waals surface area (Å²) in [6, 6.07) is 6.83. The summed E-state index contributed by atoms with van der Waals surface area (Å²) in [4.78, 5) is 27.8. The first-order valence-electron chi connectivity index (χ1n) is 9.42. The lowest BCUT2D eigenvalue weighted by Gasteiger charge is -2.34. The molecule has 0 bridgehead atoms. The molecule has 1 N–H and O–H groups in total. The van der Waals surface area contributed by atoms with Crippen LogP contribution in [-0.4, -0.2) is 86.7 Å². The van der Waals surface area contributed by atoms with Gasteiger partial charge < -0.3 is 10.2 Å². The molecule has 1 heterocycles. The summed E-state index contributed by atoms with van der Waals surface area (Å²) in [6.45, 7) is 7.15. The summed E-state index contributed by atoms with van der Waals surface area (Å²) in [5.74, 6) is -0.230. The number of nitrogens with one attached hydrogen (secondary N) is 1. The molecule has 9 heteroatoms. The van der Waals surface area contributed by atoms with E-state index in [1.54, 1.807) is 41.1 Å². The fraction of sp³-hybridized carbons (Fsp3) is 0.579. The number of rotatable bonds is 7. The van der Waals surface area contributed by atoms with E-state index in [0.717, 1.165) is 5.56 Å². The maximum Gasteiger partial charge on any atom is 0.243 e. The molecule has 28 heavy (non-hydrogen) atoms. The van der Waals surface area contributed by atoms with Crippen molar-refractivity contribution in [2.75, 3.05) is 46.3 Å². The highest BCUT2D eigenvalue weighted by Crippen LogP contribution is 2.18. The highest BCUT2D eigenvalue weighted by molar-refractivity contribution is 7.89. The van der Waals surface area contributed by atoms with E-state index in [0.29, 0.717) is 13.1 Å². The first kappa shape index (κ1) is 22.3. The van der Waals surface area contributed by atoms with Crippen LogP contribution in [0.4, 0.5) is 0 Å². The van der Waals surface area contributed by atoms with Crippen molar-refractivity contribution >= 4 is 21.8 Å². The second kappa shape index (κ2) is 9.49. The number of benzene rings is 1. The van der Waals surface area contributed by atoms with Crippen LogP contribution in [0.5, 0.6) is 0 Å². The lowest BCUT2D eigenvalue weighted by molar-refractivity contribution is -0.133. The number of sulfonamides is 1. The number of aryl methyl sites for hydroxylation is 1. The molecule has 1 aliphatic heterocycles. The molecule has 0 atom stereocenters. The Morgan fingerprint density at radius 3 is 2.18 bits per heavy atom. The zero-order valence-electron chi connectivity index (χ0n) is 17.0. The van der Waals surface area contributed by atoms with E-state index in [9.17, 15) is 18.0 Å². The third-order valence-corrected chi connectivity index (χ3v) is 6.43. The number of amides is 2. The van der Waals surface area contributed by atoms with E-state index >= 15 is 0 Å². The number of nitrogens with zero attached hydrogens (tertiary/aromatic N) is 3. The van der Waals surface area contributed by atoms with E-state index in [1.165, 1.54) is 4.31 Å². The number of hydrogen-bond acceptors (Lipinski definition) is 5. The molecule has 0 radical (unpaired) electrons. The third-order valence-electron chi connectivity index (χ3n) is 4.52. The summed E-state index contributed by atoms with van der Waals surface area (Å²) < 4.78 is 26.9. The Hall–Kier alpha value is -1.97. The molecule has 1 aromatic carbocycles. The number of hydrogen-bond donors (Lipinski definition) is 1. The van der Waals surface area contributed by atoms with E-state index < -0.39 is 10.0 Å². The average molecular weight is 411 g/mol. The number of likely N-dealkylation sites (N-methyl/N-ethyl adjacent to an activating group) is 1. The summed E-state index contributed by atoms with van der Waals surface area (Å²) in [6.07, 6.45) is 0. The molecule has 2 amide bonds. The minimum absolute atomic E-state index is 0.0557. The van der Waals surface area contributed by atoms with Crippen molar-refractivity contribution in [3.63, 3.8) is 0 Å². The Labute approximate surface area is 167 Å². The molecule has 1 aromatic rings. The van der Waals surface area contributed by atoms with Gasteiger partial charge in [-0.3, -0.25) is 14.5 Å². The van der Waals surface area contributed by atoms with Crippen molar-refractivity contribution in [1.82, 2.24) is 19.4 Å². The molecule has 0 aromatic heterocycles. The molecule has 1 aliphatic rings. The van der Waals surface area contributed by atoms with E-state index in [4.69, 9.17) is 0 Å². The Morgan fingerprint density at radius 2 is 1.64 bits per heavy atom. The Morgan fingerprint density at radius 1 is 1.07 bits per heavy atom. The summed E-state index contributed by atoms with van der Waals surface area (Å²) in [5, 5.41) is 2.79. The number of piperazine rings is 1. The van der Waals surface area contributed by atoms with Crippen molar-refractivity contribution in [3.8, 4) is 0 Å². The molecule has 1 saturated heterocycles. The SMILES string of the molecule is Cc1ccc(S(=O)(=O)N2CCN(C(=O)CN(C)CC(=O)NC(C)C)CC2)cc1. The van der Waals surface area contributed by atoms with E-state index in [2.05, 4.69) is 5.32 Å². The second-order valence-electron chi connectivity index (χ2n) is 7.49. The molecular weight excluding hydrogens is 380 g/mol. The van der Waals surface area contributed by atoms with Crippen LogP contribution in [0, 0.1) is 6.92 Å². The van der Waals surface area contributed by atoms with Crippen LogP contribution in [-0.2, 0) is 19.6 Å². The third kappa shape index (κ3) is 6.02. The van der Waals surface area contributed by atoms with Gasteiger partial charge in [0.2, 0.25) is 21.8 Å². The van der Waals surface area contributed by atoms with E-state index in [1.807, 2.05) is 20.8 Å². The van der Waals surface area contributed by atoms with Crippen molar-refractivity contribution in [2.24, 2.45) is 0 Å². The zero-order valence-corrected chi connectivity index (χ0v) is 17.8. The molecule has 2 rings (SSSR count). The Bertz CT molecular complexity index is 785. The topological polar surface area (TPSA) is 90.0 Å². The van der Waals surface area contributed by atoms with Crippen molar-refractivity contribution in [1.29, 1.82) is 0 Å². The smallest absolute Gasteiger partial charge is 0.243 e. The highest BCUT2D eigenvalue weighted by atomic mass is 32.2. The van der Waals surface area contributed by atoms with Gasteiger partial charge in [-0.2, -0.15) is 4.31 Å². The maximum atomic E-state index is 12.7. The van der Waals surface area contributed by atoms with Crippen LogP contribution in [0.15, 0.2) is 29.2 Å². The molecular formula is C19H30N4O4S. The predicted molar refractivity (Wildman–Crippen MR) is 107 cm³/mol. The van der Waals surface area contributed by atoms with Crippen LogP contribution in [0.2, 0.25) is 0 Å². The van der Waals surface area contributed by atoms with Gasteiger partial charge in [0.15, 0.2) is 0 Å². The van der Waals surface area contributed by atoms with Gasteiger partial charge in [0.25, 0.3) is 0 Å². The molecule has 0 spiro atoms. The van der Waals surface area contributed by atoms with Gasteiger partial charge in [-0.15, -0.1) is 0 Å². The first-order chi connectivity index (χ1) is 13.1. The van der Waals surface area contributed by atoms with Gasteiger partial charge in [-0.05, 0) is 40.0 Å². The minimum Gasteiger partial charge on any atom is -0.353 e. The fourth-order valence-corrected chi connectivity index (χ4v) is 4.46. The molecule has 0 unspecified atom stereocenters. The van der Waals surface area contributed by atoms with Gasteiger partial charge in [-0.25, -0.2) is 8.42 Å². The van der Waals surface area contributed by atoms with Gasteiger partial charge in [0.1, 0.15) is 0 Å². The van der Waals surface area contributed by atoms with Gasteiger partial charge in [0.05, 0.1) is 18.0 Å². The lowest BCUT2D eigenvalue weighted by Crippen LogP contribution is -2.52. The van der Waals surface area contributed by atoms with Gasteiger partial charge >= 0.3 is 0 Å². The van der Waals surface area contributed by atoms with Crippen molar-refractivity contribution in [2.45, 2.75) is 31.7 Å².